The van der Waals surface area contributed by atoms with E-state index in [-0.39, 0.29) is 5.82 Å². The Morgan fingerprint density at radius 3 is 2.67 bits per heavy atom. The second-order valence-electron chi connectivity index (χ2n) is 3.65. The van der Waals surface area contributed by atoms with E-state index < -0.39 is 10.0 Å². The molecule has 0 fully saturated rings. The van der Waals surface area contributed by atoms with Crippen molar-refractivity contribution in [2.24, 2.45) is 9.98 Å². The van der Waals surface area contributed by atoms with E-state index in [0.29, 0.717) is 23.2 Å². The molecule has 2 rings (SSSR count). The van der Waals surface area contributed by atoms with Gasteiger partial charge in [-0.1, -0.05) is 18.2 Å². The highest BCUT2D eigenvalue weighted by Gasteiger charge is 2.13. The molecule has 1 aliphatic rings. The molecule has 0 spiro atoms. The molecule has 1 aliphatic heterocycles. The Hall–Kier alpha value is -2.15. The number of rotatable bonds is 3. The van der Waals surface area contributed by atoms with Gasteiger partial charge >= 0.3 is 0 Å². The average molecular weight is 264 g/mol. The number of benzene rings is 1. The topological polar surface area (TPSA) is 94.0 Å². The Morgan fingerprint density at radius 1 is 1.33 bits per heavy atom. The number of sulfonamides is 1. The number of aliphatic imine (C=N–C) groups is 2. The molecule has 0 saturated carbocycles. The summed E-state index contributed by atoms with van der Waals surface area (Å²) in [6.45, 7) is 0. The van der Waals surface area contributed by atoms with Gasteiger partial charge in [0.1, 0.15) is 5.82 Å². The fourth-order valence-electron chi connectivity index (χ4n) is 1.49. The fourth-order valence-corrected chi connectivity index (χ4v) is 2.07. The van der Waals surface area contributed by atoms with Crippen LogP contribution >= 0.6 is 0 Å². The molecule has 1 aromatic carbocycles. The SMILES string of the molecule is CS(=O)(=O)Nc1ccccc1C1=N/C(=C/[O-])N=C1. The molecule has 0 unspecified atom stereocenters. The molecular weight excluding hydrogens is 254 g/mol. The molecular formula is C11H10N3O3S-. The van der Waals surface area contributed by atoms with Gasteiger partial charge in [-0.15, -0.1) is 6.26 Å². The first-order valence-corrected chi connectivity index (χ1v) is 6.91. The molecule has 0 aliphatic carbocycles. The Kier molecular flexibility index (Phi) is 3.15. The minimum Gasteiger partial charge on any atom is -0.875 e. The Balaban J connectivity index is 2.44. The lowest BCUT2D eigenvalue weighted by Gasteiger charge is -2.08. The molecule has 1 heterocycles. The summed E-state index contributed by atoms with van der Waals surface area (Å²) in [5.41, 5.74) is 1.42. The maximum atomic E-state index is 11.2. The van der Waals surface area contributed by atoms with Gasteiger partial charge < -0.3 is 5.11 Å². The van der Waals surface area contributed by atoms with Crippen LogP contribution in [-0.4, -0.2) is 26.6 Å². The summed E-state index contributed by atoms with van der Waals surface area (Å²) in [6.07, 6.45) is 3.03. The van der Waals surface area contributed by atoms with Crippen LogP contribution in [0.2, 0.25) is 0 Å². The molecule has 94 valence electrons. The predicted molar refractivity (Wildman–Crippen MR) is 68.0 cm³/mol. The lowest BCUT2D eigenvalue weighted by Crippen LogP contribution is -2.13. The molecule has 1 aromatic rings. The molecule has 0 amide bonds. The maximum Gasteiger partial charge on any atom is 0.229 e. The number of para-hydroxylation sites is 1. The first kappa shape index (κ1) is 12.3. The summed E-state index contributed by atoms with van der Waals surface area (Å²) >= 11 is 0. The van der Waals surface area contributed by atoms with Crippen molar-refractivity contribution < 1.29 is 13.5 Å². The average Bonchev–Trinajstić information content (AvgIpc) is 2.76. The van der Waals surface area contributed by atoms with E-state index in [1.165, 1.54) is 6.21 Å². The van der Waals surface area contributed by atoms with E-state index in [2.05, 4.69) is 14.7 Å². The van der Waals surface area contributed by atoms with E-state index in [4.69, 9.17) is 0 Å². The maximum absolute atomic E-state index is 11.2. The second kappa shape index (κ2) is 4.61. The van der Waals surface area contributed by atoms with Crippen LogP contribution in [0.25, 0.3) is 0 Å². The third kappa shape index (κ3) is 2.75. The lowest BCUT2D eigenvalue weighted by molar-refractivity contribution is -0.276. The van der Waals surface area contributed by atoms with Crippen molar-refractivity contribution in [3.05, 3.63) is 41.9 Å². The molecule has 18 heavy (non-hydrogen) atoms. The van der Waals surface area contributed by atoms with Crippen LogP contribution in [0, 0.1) is 0 Å². The van der Waals surface area contributed by atoms with Crippen LogP contribution in [0.1, 0.15) is 5.56 Å². The number of hydrogen-bond acceptors (Lipinski definition) is 5. The molecule has 0 atom stereocenters. The minimum absolute atomic E-state index is 0.0687. The Labute approximate surface area is 104 Å². The van der Waals surface area contributed by atoms with E-state index >= 15 is 0 Å². The largest absolute Gasteiger partial charge is 0.875 e. The van der Waals surface area contributed by atoms with Gasteiger partial charge in [0.25, 0.3) is 0 Å². The Morgan fingerprint density at radius 2 is 2.06 bits per heavy atom. The van der Waals surface area contributed by atoms with Crippen molar-refractivity contribution in [1.82, 2.24) is 0 Å². The van der Waals surface area contributed by atoms with Gasteiger partial charge in [0.2, 0.25) is 10.0 Å². The summed E-state index contributed by atoms with van der Waals surface area (Å²) in [5.74, 6) is 0.0687. The Bertz CT molecular complexity index is 660. The van der Waals surface area contributed by atoms with Crippen molar-refractivity contribution >= 4 is 27.6 Å². The highest BCUT2D eigenvalue weighted by atomic mass is 32.2. The molecule has 0 radical (unpaired) electrons. The normalized spacial score (nSPS) is 16.9. The molecule has 6 nitrogen and oxygen atoms in total. The van der Waals surface area contributed by atoms with Crippen molar-refractivity contribution in [3.8, 4) is 0 Å². The molecule has 0 bridgehead atoms. The van der Waals surface area contributed by atoms with Crippen LogP contribution in [-0.2, 0) is 10.0 Å². The van der Waals surface area contributed by atoms with Gasteiger partial charge in [-0.25, -0.2) is 18.4 Å². The zero-order chi connectivity index (χ0) is 13.2. The fraction of sp³-hybridized carbons (Fsp3) is 0.0909. The van der Waals surface area contributed by atoms with E-state index in [1.54, 1.807) is 24.3 Å². The molecule has 1 N–H and O–H groups in total. The molecule has 0 aromatic heterocycles. The summed E-state index contributed by atoms with van der Waals surface area (Å²) < 4.78 is 24.9. The smallest absolute Gasteiger partial charge is 0.229 e. The van der Waals surface area contributed by atoms with Gasteiger partial charge in [-0.2, -0.15) is 0 Å². The zero-order valence-electron chi connectivity index (χ0n) is 9.49. The van der Waals surface area contributed by atoms with Gasteiger partial charge in [0.15, 0.2) is 0 Å². The number of anilines is 1. The third-order valence-electron chi connectivity index (χ3n) is 2.16. The van der Waals surface area contributed by atoms with E-state index in [1.807, 2.05) is 0 Å². The first-order chi connectivity index (χ1) is 8.49. The lowest BCUT2D eigenvalue weighted by atomic mass is 10.1. The zero-order valence-corrected chi connectivity index (χ0v) is 10.3. The standard InChI is InChI=1S/C11H11N3O3S/c1-18(16,17)14-9-5-3-2-4-8(9)10-6-12-11(7-15)13-10/h2-7,14-15H,1H3/p-1/b11-7+. The minimum atomic E-state index is -3.37. The number of nitrogens with zero attached hydrogens (tertiary/aromatic N) is 2. The van der Waals surface area contributed by atoms with Crippen LogP contribution in [0.15, 0.2) is 46.3 Å². The van der Waals surface area contributed by atoms with Crippen molar-refractivity contribution in [1.29, 1.82) is 0 Å². The molecule has 7 heteroatoms. The monoisotopic (exact) mass is 264 g/mol. The van der Waals surface area contributed by atoms with Crippen LogP contribution in [0.3, 0.4) is 0 Å². The van der Waals surface area contributed by atoms with Crippen LogP contribution < -0.4 is 9.83 Å². The van der Waals surface area contributed by atoms with Crippen LogP contribution in [0.4, 0.5) is 5.69 Å². The van der Waals surface area contributed by atoms with Crippen molar-refractivity contribution in [2.75, 3.05) is 11.0 Å². The highest BCUT2D eigenvalue weighted by Crippen LogP contribution is 2.19. The van der Waals surface area contributed by atoms with Gasteiger partial charge in [0, 0.05) is 5.56 Å². The summed E-state index contributed by atoms with van der Waals surface area (Å²) in [7, 11) is -3.37. The van der Waals surface area contributed by atoms with E-state index in [9.17, 15) is 13.5 Å². The summed E-state index contributed by atoms with van der Waals surface area (Å²) in [5, 5.41) is 10.5. The molecule has 0 saturated heterocycles. The third-order valence-corrected chi connectivity index (χ3v) is 2.75. The quantitative estimate of drug-likeness (QED) is 0.784. The van der Waals surface area contributed by atoms with Gasteiger partial charge in [0.05, 0.1) is 23.9 Å². The van der Waals surface area contributed by atoms with Crippen LogP contribution in [0.5, 0.6) is 0 Å². The van der Waals surface area contributed by atoms with Gasteiger partial charge in [-0.3, -0.25) is 4.72 Å². The predicted octanol–water partition coefficient (Wildman–Crippen LogP) is 0.0908. The summed E-state index contributed by atoms with van der Waals surface area (Å²) in [6, 6.07) is 6.77. The highest BCUT2D eigenvalue weighted by molar-refractivity contribution is 7.92. The van der Waals surface area contributed by atoms with E-state index in [0.717, 1.165) is 6.26 Å². The van der Waals surface area contributed by atoms with Crippen molar-refractivity contribution in [2.45, 2.75) is 0 Å². The second-order valence-corrected chi connectivity index (χ2v) is 5.40. The van der Waals surface area contributed by atoms with Gasteiger partial charge in [-0.05, 0) is 6.07 Å². The number of nitrogens with one attached hydrogen (secondary N) is 1. The number of hydrogen-bond donors (Lipinski definition) is 1. The summed E-state index contributed by atoms with van der Waals surface area (Å²) in [4.78, 5) is 7.77. The first-order valence-electron chi connectivity index (χ1n) is 5.02. The van der Waals surface area contributed by atoms with Crippen molar-refractivity contribution in [3.63, 3.8) is 0 Å².